The molecule has 0 radical (unpaired) electrons. The molecule has 1 aliphatic heterocycles. The fraction of sp³-hybridized carbons (Fsp3) is 0.615. The molecule has 0 saturated carbocycles. The van der Waals surface area contributed by atoms with Crippen LogP contribution < -0.4 is 10.6 Å². The van der Waals surface area contributed by atoms with Crippen molar-refractivity contribution in [2.45, 2.75) is 19.9 Å². The summed E-state index contributed by atoms with van der Waals surface area (Å²) in [5, 5.41) is 7.96. The second kappa shape index (κ2) is 5.97. The monoisotopic (exact) mass is 263 g/mol. The molecular formula is C13H21N5O. The molecule has 0 aromatic carbocycles. The third-order valence-electron chi connectivity index (χ3n) is 3.48. The maximum Gasteiger partial charge on any atom is 0.239 e. The minimum absolute atomic E-state index is 0.0498. The van der Waals surface area contributed by atoms with Crippen LogP contribution in [0.1, 0.15) is 13.8 Å². The molecule has 2 rings (SSSR count). The smallest absolute Gasteiger partial charge is 0.239 e. The summed E-state index contributed by atoms with van der Waals surface area (Å²) in [7, 11) is 0. The SMILES string of the molecule is CC(C)[C@H](N)C(=O)N1CCN(c2cccnn2)CC1. The Hall–Kier alpha value is -1.69. The zero-order chi connectivity index (χ0) is 13.8. The molecule has 104 valence electrons. The number of amides is 1. The van der Waals surface area contributed by atoms with Crippen molar-refractivity contribution >= 4 is 11.7 Å². The number of hydrogen-bond donors (Lipinski definition) is 1. The molecule has 1 fully saturated rings. The number of hydrogen-bond acceptors (Lipinski definition) is 5. The van der Waals surface area contributed by atoms with Gasteiger partial charge in [0.05, 0.1) is 6.04 Å². The van der Waals surface area contributed by atoms with Crippen molar-refractivity contribution in [1.29, 1.82) is 0 Å². The minimum Gasteiger partial charge on any atom is -0.352 e. The number of anilines is 1. The Balaban J connectivity index is 1.91. The summed E-state index contributed by atoms with van der Waals surface area (Å²) in [6.07, 6.45) is 1.66. The van der Waals surface area contributed by atoms with Crippen LogP contribution in [0.15, 0.2) is 18.3 Å². The van der Waals surface area contributed by atoms with E-state index in [1.54, 1.807) is 6.20 Å². The molecule has 0 unspecified atom stereocenters. The van der Waals surface area contributed by atoms with Crippen LogP contribution in [-0.2, 0) is 4.79 Å². The highest BCUT2D eigenvalue weighted by molar-refractivity contribution is 5.82. The maximum atomic E-state index is 12.1. The lowest BCUT2D eigenvalue weighted by atomic mass is 10.0. The van der Waals surface area contributed by atoms with Crippen LogP contribution >= 0.6 is 0 Å². The molecule has 1 aromatic heterocycles. The third kappa shape index (κ3) is 3.20. The predicted molar refractivity (Wildman–Crippen MR) is 73.6 cm³/mol. The molecule has 1 amide bonds. The van der Waals surface area contributed by atoms with Gasteiger partial charge in [0.1, 0.15) is 0 Å². The van der Waals surface area contributed by atoms with Crippen molar-refractivity contribution in [2.24, 2.45) is 11.7 Å². The van der Waals surface area contributed by atoms with Crippen molar-refractivity contribution in [2.75, 3.05) is 31.1 Å². The Morgan fingerprint density at radius 1 is 1.32 bits per heavy atom. The summed E-state index contributed by atoms with van der Waals surface area (Å²) in [5.74, 6) is 1.09. The van der Waals surface area contributed by atoms with Crippen LogP contribution in [0.3, 0.4) is 0 Å². The number of nitrogens with two attached hydrogens (primary N) is 1. The lowest BCUT2D eigenvalue weighted by Gasteiger charge is -2.36. The fourth-order valence-corrected chi connectivity index (χ4v) is 2.11. The second-order valence-electron chi connectivity index (χ2n) is 5.16. The highest BCUT2D eigenvalue weighted by Crippen LogP contribution is 2.13. The minimum atomic E-state index is -0.400. The molecular weight excluding hydrogens is 242 g/mol. The van der Waals surface area contributed by atoms with Crippen molar-refractivity contribution < 1.29 is 4.79 Å². The van der Waals surface area contributed by atoms with Crippen LogP contribution in [0, 0.1) is 5.92 Å². The lowest BCUT2D eigenvalue weighted by molar-refractivity contribution is -0.133. The van der Waals surface area contributed by atoms with Gasteiger partial charge >= 0.3 is 0 Å². The Kier molecular flexibility index (Phi) is 4.31. The van der Waals surface area contributed by atoms with Gasteiger partial charge in [-0.1, -0.05) is 13.8 Å². The summed E-state index contributed by atoms with van der Waals surface area (Å²) in [6, 6.07) is 3.40. The van der Waals surface area contributed by atoms with E-state index < -0.39 is 6.04 Å². The average molecular weight is 263 g/mol. The summed E-state index contributed by atoms with van der Waals surface area (Å²) in [6.45, 7) is 6.87. The Bertz CT molecular complexity index is 414. The largest absolute Gasteiger partial charge is 0.352 e. The van der Waals surface area contributed by atoms with Crippen molar-refractivity contribution in [3.63, 3.8) is 0 Å². The molecule has 1 saturated heterocycles. The summed E-state index contributed by atoms with van der Waals surface area (Å²) >= 11 is 0. The van der Waals surface area contributed by atoms with E-state index in [0.29, 0.717) is 13.1 Å². The van der Waals surface area contributed by atoms with Gasteiger partial charge in [0.25, 0.3) is 0 Å². The van der Waals surface area contributed by atoms with Gasteiger partial charge in [-0.25, -0.2) is 0 Å². The normalized spacial score (nSPS) is 17.7. The zero-order valence-electron chi connectivity index (χ0n) is 11.5. The number of rotatable bonds is 3. The van der Waals surface area contributed by atoms with Gasteiger partial charge in [-0.15, -0.1) is 5.10 Å². The molecule has 2 heterocycles. The summed E-state index contributed by atoms with van der Waals surface area (Å²) in [4.78, 5) is 16.1. The molecule has 19 heavy (non-hydrogen) atoms. The summed E-state index contributed by atoms with van der Waals surface area (Å²) < 4.78 is 0. The zero-order valence-corrected chi connectivity index (χ0v) is 11.5. The van der Waals surface area contributed by atoms with E-state index in [2.05, 4.69) is 15.1 Å². The van der Waals surface area contributed by atoms with Gasteiger partial charge in [-0.3, -0.25) is 4.79 Å². The van der Waals surface area contributed by atoms with Crippen molar-refractivity contribution in [3.05, 3.63) is 18.3 Å². The van der Waals surface area contributed by atoms with Crippen LogP contribution in [0.5, 0.6) is 0 Å². The van der Waals surface area contributed by atoms with Gasteiger partial charge in [0.15, 0.2) is 5.82 Å². The highest BCUT2D eigenvalue weighted by atomic mass is 16.2. The first kappa shape index (κ1) is 13.7. The second-order valence-corrected chi connectivity index (χ2v) is 5.16. The number of carbonyl (C=O) groups excluding carboxylic acids is 1. The van der Waals surface area contributed by atoms with Crippen LogP contribution in [-0.4, -0.2) is 53.2 Å². The van der Waals surface area contributed by atoms with Gasteiger partial charge in [-0.05, 0) is 18.1 Å². The maximum absolute atomic E-state index is 12.1. The average Bonchev–Trinajstić information content (AvgIpc) is 2.46. The van der Waals surface area contributed by atoms with Crippen LogP contribution in [0.4, 0.5) is 5.82 Å². The van der Waals surface area contributed by atoms with E-state index >= 15 is 0 Å². The number of aromatic nitrogens is 2. The van der Waals surface area contributed by atoms with Crippen molar-refractivity contribution in [1.82, 2.24) is 15.1 Å². The third-order valence-corrected chi connectivity index (χ3v) is 3.48. The summed E-state index contributed by atoms with van der Waals surface area (Å²) in [5.41, 5.74) is 5.91. The van der Waals surface area contributed by atoms with Crippen molar-refractivity contribution in [3.8, 4) is 0 Å². The Morgan fingerprint density at radius 3 is 2.53 bits per heavy atom. The molecule has 2 N–H and O–H groups in total. The molecule has 1 aromatic rings. The number of nitrogens with zero attached hydrogens (tertiary/aromatic N) is 4. The first-order chi connectivity index (χ1) is 9.09. The van der Waals surface area contributed by atoms with Gasteiger partial charge in [0, 0.05) is 32.4 Å². The standard InChI is InChI=1S/C13H21N5O/c1-10(2)12(14)13(19)18-8-6-17(7-9-18)11-4-3-5-15-16-11/h3-5,10,12H,6-9,14H2,1-2H3/t12-/m0/s1. The Labute approximate surface area is 113 Å². The number of piperazine rings is 1. The van der Waals surface area contributed by atoms with E-state index in [4.69, 9.17) is 5.73 Å². The van der Waals surface area contributed by atoms with E-state index in [-0.39, 0.29) is 11.8 Å². The first-order valence-corrected chi connectivity index (χ1v) is 6.66. The van der Waals surface area contributed by atoms with Crippen LogP contribution in [0.2, 0.25) is 0 Å². The molecule has 6 heteroatoms. The van der Waals surface area contributed by atoms with Gasteiger partial charge in [0.2, 0.25) is 5.91 Å². The van der Waals surface area contributed by atoms with E-state index in [0.717, 1.165) is 18.9 Å². The van der Waals surface area contributed by atoms with Gasteiger partial charge in [-0.2, -0.15) is 5.10 Å². The quantitative estimate of drug-likeness (QED) is 0.837. The topological polar surface area (TPSA) is 75.4 Å². The van der Waals surface area contributed by atoms with E-state index in [1.165, 1.54) is 0 Å². The number of carbonyl (C=O) groups is 1. The molecule has 1 atom stereocenters. The van der Waals surface area contributed by atoms with Crippen LogP contribution in [0.25, 0.3) is 0 Å². The first-order valence-electron chi connectivity index (χ1n) is 6.66. The molecule has 6 nitrogen and oxygen atoms in total. The highest BCUT2D eigenvalue weighted by Gasteiger charge is 2.27. The predicted octanol–water partition coefficient (Wildman–Crippen LogP) is 0.109. The molecule has 0 aliphatic carbocycles. The van der Waals surface area contributed by atoms with E-state index in [9.17, 15) is 4.79 Å². The lowest BCUT2D eigenvalue weighted by Crippen LogP contribution is -2.54. The van der Waals surface area contributed by atoms with E-state index in [1.807, 2.05) is 30.9 Å². The molecule has 1 aliphatic rings. The van der Waals surface area contributed by atoms with Gasteiger partial charge < -0.3 is 15.5 Å². The molecule has 0 spiro atoms. The fourth-order valence-electron chi connectivity index (χ4n) is 2.11. The Morgan fingerprint density at radius 2 is 2.00 bits per heavy atom. The molecule has 0 bridgehead atoms.